The molecule has 0 radical (unpaired) electrons. The minimum atomic E-state index is 0.0444. The minimum absolute atomic E-state index is 0.0444. The van der Waals surface area contributed by atoms with Gasteiger partial charge < -0.3 is 28.8 Å². The predicted octanol–water partition coefficient (Wildman–Crippen LogP) is -0.00850. The van der Waals surface area contributed by atoms with E-state index in [1.165, 1.54) is 0 Å². The van der Waals surface area contributed by atoms with Gasteiger partial charge in [-0.25, -0.2) is 0 Å². The second-order valence-electron chi connectivity index (χ2n) is 3.51. The van der Waals surface area contributed by atoms with Crippen molar-refractivity contribution >= 4 is 12.6 Å². The molecule has 0 aromatic heterocycles. The topological polar surface area (TPSA) is 66.4 Å². The third kappa shape index (κ3) is 18.1. The lowest BCUT2D eigenvalue weighted by Crippen LogP contribution is -2.13. The second-order valence-corrected chi connectivity index (χ2v) is 3.96. The van der Waals surface area contributed by atoms with Crippen LogP contribution in [0.3, 0.4) is 0 Å². The van der Waals surface area contributed by atoms with Crippen LogP contribution >= 0.6 is 12.6 Å². The highest BCUT2D eigenvalue weighted by Gasteiger charge is 1.92. The van der Waals surface area contributed by atoms with Gasteiger partial charge in [0.15, 0.2) is 0 Å². The van der Waals surface area contributed by atoms with Gasteiger partial charge in [0.2, 0.25) is 0 Å². The standard InChI is InChI=1S/C12H26O6S/c13-1-2-14-3-4-15-5-6-16-7-8-17-9-10-18-11-12-19/h13,19H,1-12H2. The summed E-state index contributed by atoms with van der Waals surface area (Å²) in [6.45, 7) is 5.43. The van der Waals surface area contributed by atoms with Gasteiger partial charge in [0.25, 0.3) is 0 Å². The third-order valence-electron chi connectivity index (χ3n) is 1.96. The molecule has 0 bridgehead atoms. The first-order valence-corrected chi connectivity index (χ1v) is 7.15. The lowest BCUT2D eigenvalue weighted by Gasteiger charge is -2.07. The first-order chi connectivity index (χ1) is 9.41. The van der Waals surface area contributed by atoms with Crippen LogP contribution in [0, 0.1) is 0 Å². The van der Waals surface area contributed by atoms with Crippen LogP contribution in [-0.2, 0) is 23.7 Å². The molecular formula is C12H26O6S. The van der Waals surface area contributed by atoms with Gasteiger partial charge in [-0.15, -0.1) is 0 Å². The SMILES string of the molecule is OCCOCCOCCOCCOCCOCCS. The van der Waals surface area contributed by atoms with Crippen molar-refractivity contribution in [1.29, 1.82) is 0 Å². The average molecular weight is 298 g/mol. The monoisotopic (exact) mass is 298 g/mol. The molecule has 0 unspecified atom stereocenters. The van der Waals surface area contributed by atoms with Gasteiger partial charge in [0.1, 0.15) is 0 Å². The van der Waals surface area contributed by atoms with E-state index in [2.05, 4.69) is 12.6 Å². The van der Waals surface area contributed by atoms with E-state index in [4.69, 9.17) is 28.8 Å². The molecule has 116 valence electrons. The van der Waals surface area contributed by atoms with Crippen LogP contribution in [-0.4, -0.2) is 83.5 Å². The maximum atomic E-state index is 8.46. The Morgan fingerprint density at radius 2 is 0.842 bits per heavy atom. The van der Waals surface area contributed by atoms with Gasteiger partial charge in [-0.2, -0.15) is 12.6 Å². The van der Waals surface area contributed by atoms with Crippen molar-refractivity contribution < 1.29 is 28.8 Å². The molecule has 0 aliphatic rings. The predicted molar refractivity (Wildman–Crippen MR) is 75.0 cm³/mol. The fraction of sp³-hybridized carbons (Fsp3) is 1.00. The number of hydrogen-bond acceptors (Lipinski definition) is 7. The number of ether oxygens (including phenoxy) is 5. The van der Waals surface area contributed by atoms with E-state index in [1.807, 2.05) is 0 Å². The first kappa shape index (κ1) is 19.1. The van der Waals surface area contributed by atoms with Crippen LogP contribution in [0.2, 0.25) is 0 Å². The largest absolute Gasteiger partial charge is 0.394 e. The zero-order chi connectivity index (χ0) is 14.0. The molecule has 1 N–H and O–H groups in total. The van der Waals surface area contributed by atoms with Crippen molar-refractivity contribution in [2.75, 3.05) is 78.4 Å². The van der Waals surface area contributed by atoms with Gasteiger partial charge in [0.05, 0.1) is 72.7 Å². The summed E-state index contributed by atoms with van der Waals surface area (Å²) >= 11 is 4.03. The zero-order valence-electron chi connectivity index (χ0n) is 11.4. The van der Waals surface area contributed by atoms with Crippen LogP contribution in [0.5, 0.6) is 0 Å². The van der Waals surface area contributed by atoms with Crippen LogP contribution in [0.4, 0.5) is 0 Å². The highest BCUT2D eigenvalue weighted by molar-refractivity contribution is 7.80. The fourth-order valence-corrected chi connectivity index (χ4v) is 1.24. The second kappa shape index (κ2) is 18.1. The summed E-state index contributed by atoms with van der Waals surface area (Å²) in [6, 6.07) is 0. The molecule has 19 heavy (non-hydrogen) atoms. The van der Waals surface area contributed by atoms with E-state index in [-0.39, 0.29) is 6.61 Å². The molecule has 0 aliphatic heterocycles. The number of hydrogen-bond donors (Lipinski definition) is 2. The Labute approximate surface area is 120 Å². The van der Waals surface area contributed by atoms with Crippen molar-refractivity contribution in [1.82, 2.24) is 0 Å². The normalized spacial score (nSPS) is 11.1. The van der Waals surface area contributed by atoms with E-state index in [9.17, 15) is 0 Å². The van der Waals surface area contributed by atoms with Crippen molar-refractivity contribution in [3.8, 4) is 0 Å². The molecule has 0 spiro atoms. The Hall–Kier alpha value is 0.110. The average Bonchev–Trinajstić information content (AvgIpc) is 2.43. The fourth-order valence-electron chi connectivity index (χ4n) is 1.11. The number of aliphatic hydroxyl groups excluding tert-OH is 1. The summed E-state index contributed by atoms with van der Waals surface area (Å²) in [5, 5.41) is 8.46. The molecule has 0 rings (SSSR count). The van der Waals surface area contributed by atoms with E-state index in [1.54, 1.807) is 0 Å². The Balaban J connectivity index is 2.88. The summed E-state index contributed by atoms with van der Waals surface area (Å²) in [7, 11) is 0. The lowest BCUT2D eigenvalue weighted by atomic mass is 10.7. The maximum Gasteiger partial charge on any atom is 0.0701 e. The number of aliphatic hydroxyl groups is 1. The quantitative estimate of drug-likeness (QED) is 0.309. The molecule has 0 heterocycles. The number of thiol groups is 1. The van der Waals surface area contributed by atoms with Crippen LogP contribution < -0.4 is 0 Å². The van der Waals surface area contributed by atoms with Crippen LogP contribution in [0.15, 0.2) is 0 Å². The summed E-state index contributed by atoms with van der Waals surface area (Å²) in [5.41, 5.74) is 0. The molecular weight excluding hydrogens is 272 g/mol. The summed E-state index contributed by atoms with van der Waals surface area (Å²) in [4.78, 5) is 0. The Kier molecular flexibility index (Phi) is 18.2. The molecule has 0 saturated heterocycles. The molecule has 0 aromatic rings. The Bertz CT molecular complexity index is 145. The summed E-state index contributed by atoms with van der Waals surface area (Å²) < 4.78 is 26.1. The molecule has 0 aromatic carbocycles. The molecule has 0 fully saturated rings. The van der Waals surface area contributed by atoms with Gasteiger partial charge in [-0.1, -0.05) is 0 Å². The van der Waals surface area contributed by atoms with E-state index in [0.29, 0.717) is 66.1 Å². The van der Waals surface area contributed by atoms with E-state index in [0.717, 1.165) is 5.75 Å². The maximum absolute atomic E-state index is 8.46. The highest BCUT2D eigenvalue weighted by atomic mass is 32.1. The molecule has 6 nitrogen and oxygen atoms in total. The Morgan fingerprint density at radius 3 is 1.16 bits per heavy atom. The van der Waals surface area contributed by atoms with Gasteiger partial charge in [-0.3, -0.25) is 0 Å². The highest BCUT2D eigenvalue weighted by Crippen LogP contribution is 1.84. The van der Waals surface area contributed by atoms with Crippen molar-refractivity contribution in [2.24, 2.45) is 0 Å². The van der Waals surface area contributed by atoms with Crippen molar-refractivity contribution in [3.05, 3.63) is 0 Å². The summed E-state index contributed by atoms with van der Waals surface area (Å²) in [5.74, 6) is 0.730. The molecule has 0 amide bonds. The van der Waals surface area contributed by atoms with Gasteiger partial charge in [-0.05, 0) is 0 Å². The molecule has 0 atom stereocenters. The molecule has 0 aliphatic carbocycles. The van der Waals surface area contributed by atoms with Gasteiger partial charge in [0, 0.05) is 5.75 Å². The third-order valence-corrected chi connectivity index (χ3v) is 2.14. The zero-order valence-corrected chi connectivity index (χ0v) is 12.3. The van der Waals surface area contributed by atoms with Crippen molar-refractivity contribution in [2.45, 2.75) is 0 Å². The lowest BCUT2D eigenvalue weighted by molar-refractivity contribution is -0.0124. The Morgan fingerprint density at radius 1 is 0.526 bits per heavy atom. The molecule has 0 saturated carbocycles. The van der Waals surface area contributed by atoms with Gasteiger partial charge >= 0.3 is 0 Å². The summed E-state index contributed by atoms with van der Waals surface area (Å²) in [6.07, 6.45) is 0. The number of rotatable bonds is 16. The first-order valence-electron chi connectivity index (χ1n) is 6.52. The smallest absolute Gasteiger partial charge is 0.0701 e. The van der Waals surface area contributed by atoms with Crippen LogP contribution in [0.1, 0.15) is 0 Å². The van der Waals surface area contributed by atoms with Crippen LogP contribution in [0.25, 0.3) is 0 Å². The minimum Gasteiger partial charge on any atom is -0.394 e. The van der Waals surface area contributed by atoms with E-state index < -0.39 is 0 Å². The molecule has 7 heteroatoms. The van der Waals surface area contributed by atoms with Crippen molar-refractivity contribution in [3.63, 3.8) is 0 Å². The van der Waals surface area contributed by atoms with E-state index >= 15 is 0 Å².